The van der Waals surface area contributed by atoms with Crippen molar-refractivity contribution < 1.29 is 47.5 Å². The number of nitrogens with one attached hydrogen (secondary N) is 2. The molecule has 1 aromatic carbocycles. The van der Waals surface area contributed by atoms with Gasteiger partial charge in [0, 0.05) is 25.0 Å². The number of ether oxygens (including phenoxy) is 3. The predicted octanol–water partition coefficient (Wildman–Crippen LogP) is 7.11. The molecule has 2 saturated carbocycles. The maximum Gasteiger partial charge on any atom is 0.434 e. The van der Waals surface area contributed by atoms with E-state index in [9.17, 15) is 33.3 Å². The largest absolute Gasteiger partial charge is 0.494 e. The van der Waals surface area contributed by atoms with Crippen molar-refractivity contribution in [2.45, 2.75) is 172 Å². The number of anilines is 1. The summed E-state index contributed by atoms with van der Waals surface area (Å²) in [6, 6.07) is 5.75. The Hall–Kier alpha value is -3.04. The summed E-state index contributed by atoms with van der Waals surface area (Å²) >= 11 is 0. The molecule has 2 aromatic rings. The van der Waals surface area contributed by atoms with Crippen molar-refractivity contribution in [1.29, 1.82) is 0 Å². The SMILES string of the molecule is CCC(C)(CC1OC[C@H](Nc2cncc(C(F)(F)F)n2)[C@@H](O)[C@H]1O)OCCC(C)(C)NC(=O)CCCCCOc1ccc2c(c1)CC[C@@H]1[C@@H]2CC[C@]2(C)[C@@H](O)CC[C@@H]12. The molecule has 5 N–H and O–H groups in total. The van der Waals surface area contributed by atoms with E-state index in [1.807, 2.05) is 27.7 Å². The number of alkyl halides is 3. The molecule has 1 amide bonds. The summed E-state index contributed by atoms with van der Waals surface area (Å²) in [4.78, 5) is 20.0. The third-order valence-corrected chi connectivity index (χ3v) is 13.9. The van der Waals surface area contributed by atoms with Gasteiger partial charge < -0.3 is 40.2 Å². The van der Waals surface area contributed by atoms with Gasteiger partial charge in [-0.05, 0) is 138 Å². The molecule has 3 fully saturated rings. The van der Waals surface area contributed by atoms with E-state index in [-0.39, 0.29) is 36.3 Å². The Balaban J connectivity index is 0.860. The number of nitrogens with zero attached hydrogens (tertiary/aromatic N) is 2. The molecule has 6 rings (SSSR count). The van der Waals surface area contributed by atoms with Crippen LogP contribution in [0.5, 0.6) is 5.75 Å². The van der Waals surface area contributed by atoms with Crippen molar-refractivity contribution >= 4 is 11.7 Å². The van der Waals surface area contributed by atoms with E-state index in [0.29, 0.717) is 56.4 Å². The number of halogens is 3. The molecule has 0 radical (unpaired) electrons. The van der Waals surface area contributed by atoms with Crippen LogP contribution in [-0.4, -0.2) is 92.6 Å². The lowest BCUT2D eigenvalue weighted by molar-refractivity contribution is -0.168. The van der Waals surface area contributed by atoms with E-state index in [2.05, 4.69) is 45.7 Å². The van der Waals surface area contributed by atoms with E-state index in [1.165, 1.54) is 17.5 Å². The van der Waals surface area contributed by atoms with Gasteiger partial charge >= 0.3 is 6.18 Å². The van der Waals surface area contributed by atoms with Gasteiger partial charge in [0.15, 0.2) is 5.69 Å². The molecule has 3 aliphatic carbocycles. The molecule has 1 aliphatic heterocycles. The molecule has 10 atom stereocenters. The molecule has 0 spiro atoms. The van der Waals surface area contributed by atoms with Gasteiger partial charge in [-0.1, -0.05) is 19.9 Å². The number of hydrogen-bond acceptors (Lipinski definition) is 10. The second kappa shape index (κ2) is 18.3. The van der Waals surface area contributed by atoms with Gasteiger partial charge in [-0.3, -0.25) is 9.78 Å². The van der Waals surface area contributed by atoms with Gasteiger partial charge in [0.25, 0.3) is 0 Å². The van der Waals surface area contributed by atoms with Gasteiger partial charge in [0.05, 0.1) is 49.5 Å². The summed E-state index contributed by atoms with van der Waals surface area (Å²) < 4.78 is 57.5. The van der Waals surface area contributed by atoms with Crippen LogP contribution in [0.4, 0.5) is 19.0 Å². The van der Waals surface area contributed by atoms with Crippen LogP contribution in [0, 0.1) is 17.3 Å². The van der Waals surface area contributed by atoms with E-state index in [4.69, 9.17) is 14.2 Å². The lowest BCUT2D eigenvalue weighted by Crippen LogP contribution is -2.57. The molecule has 1 aromatic heterocycles. The van der Waals surface area contributed by atoms with Gasteiger partial charge in [0.1, 0.15) is 23.8 Å². The summed E-state index contributed by atoms with van der Waals surface area (Å²) in [6.45, 7) is 11.0. The number of aromatic nitrogens is 2. The maximum atomic E-state index is 13.1. The fraction of sp³-hybridized carbons (Fsp3) is 0.750. The monoisotopic (exact) mass is 818 g/mol. The normalized spacial score (nSPS) is 30.7. The highest BCUT2D eigenvalue weighted by Crippen LogP contribution is 2.61. The molecule has 11 nitrogen and oxygen atoms in total. The second-order valence-electron chi connectivity index (χ2n) is 18.5. The fourth-order valence-corrected chi connectivity index (χ4v) is 10.1. The fourth-order valence-electron chi connectivity index (χ4n) is 10.1. The van der Waals surface area contributed by atoms with Crippen LogP contribution in [0.15, 0.2) is 30.6 Å². The standard InChI is InChI=1S/C44H65F3N4O7/c1-6-42(4,23-34-40(55)39(54)33(26-57-34)49-37-25-48-24-35(50-37)44(45,46)47)58-21-19-41(2,3)51-38(53)10-8-7-9-20-56-28-12-14-29-27(22-28)11-13-31-30(29)17-18-43(5)32(31)15-16-36(43)52/h12,14,22,24-25,30-34,36,39-40,52,54-55H,6-11,13,15-21,23,26H2,1-5H3,(H,49,50)(H,51,53)/t30-,31-,32+,33+,34?,36+,39-,40+,42?,43+/m1/s1. The van der Waals surface area contributed by atoms with Crippen molar-refractivity contribution in [2.24, 2.45) is 17.3 Å². The third kappa shape index (κ3) is 10.5. The number of fused-ring (bicyclic) bond motifs is 5. The first-order valence-corrected chi connectivity index (χ1v) is 21.4. The van der Waals surface area contributed by atoms with Gasteiger partial charge in [-0.25, -0.2) is 4.98 Å². The third-order valence-electron chi connectivity index (χ3n) is 13.9. The maximum absolute atomic E-state index is 13.1. The number of rotatable bonds is 17. The Morgan fingerprint density at radius 2 is 1.81 bits per heavy atom. The Morgan fingerprint density at radius 3 is 2.57 bits per heavy atom. The first-order chi connectivity index (χ1) is 27.4. The quantitative estimate of drug-likeness (QED) is 0.104. The number of aryl methyl sites for hydroxylation is 1. The van der Waals surface area contributed by atoms with E-state index >= 15 is 0 Å². The van der Waals surface area contributed by atoms with Crippen molar-refractivity contribution in [3.8, 4) is 5.75 Å². The van der Waals surface area contributed by atoms with E-state index in [1.54, 1.807) is 0 Å². The first kappa shape index (κ1) is 44.5. The van der Waals surface area contributed by atoms with Crippen molar-refractivity contribution in [3.05, 3.63) is 47.4 Å². The number of carbonyl (C=O) groups is 1. The summed E-state index contributed by atoms with van der Waals surface area (Å²) in [5, 5.41) is 38.3. The Morgan fingerprint density at radius 1 is 1.02 bits per heavy atom. The minimum Gasteiger partial charge on any atom is -0.494 e. The Kier molecular flexibility index (Phi) is 14.0. The highest BCUT2D eigenvalue weighted by molar-refractivity contribution is 5.76. The van der Waals surface area contributed by atoms with Crippen LogP contribution in [0.2, 0.25) is 0 Å². The lowest BCUT2D eigenvalue weighted by atomic mass is 9.55. The molecular formula is C44H65F3N4O7. The van der Waals surface area contributed by atoms with Gasteiger partial charge in [-0.2, -0.15) is 13.2 Å². The molecule has 4 aliphatic rings. The number of aliphatic hydroxyl groups is 3. The smallest absolute Gasteiger partial charge is 0.434 e. The molecular weight excluding hydrogens is 753 g/mol. The molecule has 324 valence electrons. The van der Waals surface area contributed by atoms with Crippen molar-refractivity contribution in [3.63, 3.8) is 0 Å². The average molecular weight is 819 g/mol. The summed E-state index contributed by atoms with van der Waals surface area (Å²) in [6.07, 6.45) is 4.46. The lowest BCUT2D eigenvalue weighted by Gasteiger charge is -2.50. The minimum absolute atomic E-state index is 0.0145. The van der Waals surface area contributed by atoms with Crippen molar-refractivity contribution in [1.82, 2.24) is 15.3 Å². The zero-order valence-electron chi connectivity index (χ0n) is 34.8. The van der Waals surface area contributed by atoms with Crippen molar-refractivity contribution in [2.75, 3.05) is 25.1 Å². The summed E-state index contributed by atoms with van der Waals surface area (Å²) in [5.74, 6) is 2.62. The van der Waals surface area contributed by atoms with Crippen LogP contribution in [-0.2, 0) is 26.9 Å². The number of carbonyl (C=O) groups excluding carboxylic acids is 1. The van der Waals surface area contributed by atoms with Gasteiger partial charge in [-0.15, -0.1) is 0 Å². The first-order valence-electron chi connectivity index (χ1n) is 21.4. The van der Waals surface area contributed by atoms with Crippen LogP contribution in [0.25, 0.3) is 0 Å². The van der Waals surface area contributed by atoms with Crippen LogP contribution in [0.1, 0.15) is 134 Å². The number of unbranched alkanes of at least 4 members (excludes halogenated alkanes) is 2. The highest BCUT2D eigenvalue weighted by Gasteiger charge is 2.54. The molecule has 58 heavy (non-hydrogen) atoms. The minimum atomic E-state index is -4.67. The second-order valence-corrected chi connectivity index (χ2v) is 18.5. The van der Waals surface area contributed by atoms with E-state index < -0.39 is 47.4 Å². The highest BCUT2D eigenvalue weighted by atomic mass is 19.4. The van der Waals surface area contributed by atoms with Crippen LogP contribution in [0.3, 0.4) is 0 Å². The van der Waals surface area contributed by atoms with Crippen LogP contribution < -0.4 is 15.4 Å². The molecule has 2 heterocycles. The number of benzene rings is 1. The van der Waals surface area contributed by atoms with E-state index in [0.717, 1.165) is 63.3 Å². The molecule has 14 heteroatoms. The number of amides is 1. The topological polar surface area (TPSA) is 155 Å². The number of aliphatic hydroxyl groups excluding tert-OH is 3. The average Bonchev–Trinajstić information content (AvgIpc) is 3.48. The zero-order chi connectivity index (χ0) is 41.9. The zero-order valence-corrected chi connectivity index (χ0v) is 34.8. The predicted molar refractivity (Wildman–Crippen MR) is 213 cm³/mol. The Labute approximate surface area is 341 Å². The molecule has 1 saturated heterocycles. The molecule has 2 unspecified atom stereocenters. The molecule has 0 bridgehead atoms. The number of hydrogen-bond donors (Lipinski definition) is 5. The Bertz CT molecular complexity index is 1700. The van der Waals surface area contributed by atoms with Crippen LogP contribution >= 0.6 is 0 Å². The van der Waals surface area contributed by atoms with Gasteiger partial charge in [0.2, 0.25) is 5.91 Å². The summed E-state index contributed by atoms with van der Waals surface area (Å²) in [5.41, 5.74) is 0.608. The summed E-state index contributed by atoms with van der Waals surface area (Å²) in [7, 11) is 0.